The predicted molar refractivity (Wildman–Crippen MR) is 159 cm³/mol. The Morgan fingerprint density at radius 3 is 2.37 bits per heavy atom. The Kier molecular flexibility index (Phi) is 8.89. The molecule has 0 fully saturated rings. The molecule has 0 saturated heterocycles. The summed E-state index contributed by atoms with van der Waals surface area (Å²) in [6, 6.07) is 23.6. The van der Waals surface area contributed by atoms with Gasteiger partial charge in [0, 0.05) is 66.1 Å². The highest BCUT2D eigenvalue weighted by Crippen LogP contribution is 2.20. The molecule has 0 unspecified atom stereocenters. The molecule has 4 aromatic rings. The zero-order chi connectivity index (χ0) is 27.2. The van der Waals surface area contributed by atoms with Crippen molar-refractivity contribution in [3.05, 3.63) is 100 Å². The van der Waals surface area contributed by atoms with Gasteiger partial charge < -0.3 is 19.7 Å². The maximum Gasteiger partial charge on any atom is 0.254 e. The minimum absolute atomic E-state index is 0.0205. The number of benzene rings is 3. The van der Waals surface area contributed by atoms with Crippen molar-refractivity contribution in [3.63, 3.8) is 0 Å². The van der Waals surface area contributed by atoms with Gasteiger partial charge in [0.1, 0.15) is 6.54 Å². The highest BCUT2D eigenvalue weighted by Gasteiger charge is 2.25. The molecule has 38 heavy (non-hydrogen) atoms. The smallest absolute Gasteiger partial charge is 0.254 e. The SMILES string of the molecule is CC(C)N(CC(=O)N(CCc1c[nH]c2ccccc12)Cc1ccc(N(C)C)cc1)C(=O)c1cccc(Br)c1. The van der Waals surface area contributed by atoms with Crippen molar-refractivity contribution < 1.29 is 9.59 Å². The molecule has 0 bridgehead atoms. The fourth-order valence-electron chi connectivity index (χ4n) is 4.53. The van der Waals surface area contributed by atoms with E-state index in [4.69, 9.17) is 0 Å². The molecule has 1 N–H and O–H groups in total. The van der Waals surface area contributed by atoms with Crippen LogP contribution in [0.2, 0.25) is 0 Å². The number of amides is 2. The minimum Gasteiger partial charge on any atom is -0.378 e. The number of nitrogens with zero attached hydrogens (tertiary/aromatic N) is 3. The number of rotatable bonds is 10. The lowest BCUT2D eigenvalue weighted by molar-refractivity contribution is -0.132. The fourth-order valence-corrected chi connectivity index (χ4v) is 4.93. The first-order chi connectivity index (χ1) is 18.2. The van der Waals surface area contributed by atoms with Crippen molar-refractivity contribution in [2.75, 3.05) is 32.1 Å². The molecule has 3 aromatic carbocycles. The monoisotopic (exact) mass is 574 g/mol. The van der Waals surface area contributed by atoms with Gasteiger partial charge in [0.15, 0.2) is 0 Å². The predicted octanol–water partition coefficient (Wildman–Crippen LogP) is 6.12. The number of aromatic amines is 1. The zero-order valence-electron chi connectivity index (χ0n) is 22.4. The molecule has 0 atom stereocenters. The summed E-state index contributed by atoms with van der Waals surface area (Å²) in [5, 5.41) is 1.17. The van der Waals surface area contributed by atoms with Gasteiger partial charge in [-0.3, -0.25) is 9.59 Å². The van der Waals surface area contributed by atoms with Gasteiger partial charge in [0.2, 0.25) is 5.91 Å². The summed E-state index contributed by atoms with van der Waals surface area (Å²) in [6.07, 6.45) is 2.74. The van der Waals surface area contributed by atoms with Gasteiger partial charge >= 0.3 is 0 Å². The van der Waals surface area contributed by atoms with Crippen LogP contribution in [0.25, 0.3) is 10.9 Å². The number of H-pyrrole nitrogens is 1. The van der Waals surface area contributed by atoms with Crippen LogP contribution < -0.4 is 4.90 Å². The third kappa shape index (κ3) is 6.64. The molecular formula is C31H35BrN4O2. The first kappa shape index (κ1) is 27.5. The average Bonchev–Trinajstić information content (AvgIpc) is 3.32. The van der Waals surface area contributed by atoms with E-state index in [0.29, 0.717) is 25.1 Å². The molecule has 1 aromatic heterocycles. The Bertz CT molecular complexity index is 1390. The summed E-state index contributed by atoms with van der Waals surface area (Å²) in [5.74, 6) is -0.222. The number of fused-ring (bicyclic) bond motifs is 1. The van der Waals surface area contributed by atoms with E-state index in [1.54, 1.807) is 17.0 Å². The van der Waals surface area contributed by atoms with Crippen molar-refractivity contribution >= 4 is 44.3 Å². The topological polar surface area (TPSA) is 59.7 Å². The largest absolute Gasteiger partial charge is 0.378 e. The molecule has 0 radical (unpaired) electrons. The lowest BCUT2D eigenvalue weighted by Gasteiger charge is -2.30. The van der Waals surface area contributed by atoms with Crippen LogP contribution in [0.1, 0.15) is 35.3 Å². The lowest BCUT2D eigenvalue weighted by Crippen LogP contribution is -2.46. The van der Waals surface area contributed by atoms with E-state index in [9.17, 15) is 9.59 Å². The highest BCUT2D eigenvalue weighted by molar-refractivity contribution is 9.10. The highest BCUT2D eigenvalue weighted by atomic mass is 79.9. The van der Waals surface area contributed by atoms with Gasteiger partial charge in [0.05, 0.1) is 0 Å². The number of para-hydroxylation sites is 1. The van der Waals surface area contributed by atoms with Crippen LogP contribution in [-0.4, -0.2) is 59.8 Å². The van der Waals surface area contributed by atoms with Crippen molar-refractivity contribution in [1.82, 2.24) is 14.8 Å². The Hall–Kier alpha value is -3.58. The normalized spacial score (nSPS) is 11.1. The molecule has 198 valence electrons. The number of carbonyl (C=O) groups excluding carboxylic acids is 2. The van der Waals surface area contributed by atoms with Gasteiger partial charge in [-0.1, -0.05) is 52.3 Å². The summed E-state index contributed by atoms with van der Waals surface area (Å²) >= 11 is 3.45. The molecule has 0 saturated carbocycles. The van der Waals surface area contributed by atoms with E-state index in [-0.39, 0.29) is 24.4 Å². The van der Waals surface area contributed by atoms with Crippen LogP contribution in [0.5, 0.6) is 0 Å². The second-order valence-corrected chi connectivity index (χ2v) is 10.9. The summed E-state index contributed by atoms with van der Waals surface area (Å²) in [5.41, 5.74) is 4.98. The summed E-state index contributed by atoms with van der Waals surface area (Å²) in [4.78, 5) is 36.0. The Morgan fingerprint density at radius 2 is 1.68 bits per heavy atom. The fraction of sp³-hybridized carbons (Fsp3) is 0.290. The number of nitrogens with one attached hydrogen (secondary N) is 1. The zero-order valence-corrected chi connectivity index (χ0v) is 24.0. The molecular weight excluding hydrogens is 540 g/mol. The molecule has 1 heterocycles. The first-order valence-electron chi connectivity index (χ1n) is 12.9. The van der Waals surface area contributed by atoms with Crippen LogP contribution in [0.4, 0.5) is 5.69 Å². The minimum atomic E-state index is -0.151. The maximum absolute atomic E-state index is 13.8. The van der Waals surface area contributed by atoms with Gasteiger partial charge in [-0.2, -0.15) is 0 Å². The number of hydrogen-bond acceptors (Lipinski definition) is 3. The van der Waals surface area contributed by atoms with E-state index < -0.39 is 0 Å². The van der Waals surface area contributed by atoms with E-state index in [1.165, 1.54) is 10.9 Å². The molecule has 0 spiro atoms. The molecule has 0 aliphatic carbocycles. The molecule has 4 rings (SSSR count). The molecule has 7 heteroatoms. The third-order valence-electron chi connectivity index (χ3n) is 6.77. The summed E-state index contributed by atoms with van der Waals surface area (Å²) in [6.45, 7) is 4.94. The summed E-state index contributed by atoms with van der Waals surface area (Å²) in [7, 11) is 4.02. The van der Waals surface area contributed by atoms with Crippen LogP contribution >= 0.6 is 15.9 Å². The second-order valence-electron chi connectivity index (χ2n) is 10.0. The van der Waals surface area contributed by atoms with Crippen molar-refractivity contribution in [3.8, 4) is 0 Å². The third-order valence-corrected chi connectivity index (χ3v) is 7.26. The molecule has 2 amide bonds. The van der Waals surface area contributed by atoms with Crippen molar-refractivity contribution in [2.45, 2.75) is 32.9 Å². The van der Waals surface area contributed by atoms with Crippen molar-refractivity contribution in [1.29, 1.82) is 0 Å². The Morgan fingerprint density at radius 1 is 0.947 bits per heavy atom. The van der Waals surface area contributed by atoms with Crippen LogP contribution in [0.15, 0.2) is 83.5 Å². The van der Waals surface area contributed by atoms with Crippen LogP contribution in [0, 0.1) is 0 Å². The van der Waals surface area contributed by atoms with E-state index in [0.717, 1.165) is 21.2 Å². The van der Waals surface area contributed by atoms with E-state index in [2.05, 4.69) is 62.2 Å². The summed E-state index contributed by atoms with van der Waals surface area (Å²) < 4.78 is 0.833. The number of halogens is 1. The first-order valence-corrected chi connectivity index (χ1v) is 13.7. The Balaban J connectivity index is 1.56. The Labute approximate surface area is 233 Å². The molecule has 0 aliphatic rings. The van der Waals surface area contributed by atoms with Crippen molar-refractivity contribution in [2.24, 2.45) is 0 Å². The standard InChI is InChI=1S/C31H35BrN4O2/c1-22(2)36(31(38)24-8-7-9-26(32)18-24)21-30(37)35(20-23-12-14-27(15-13-23)34(3)4)17-16-25-19-33-29-11-6-5-10-28(25)29/h5-15,18-19,22,33H,16-17,20-21H2,1-4H3. The lowest BCUT2D eigenvalue weighted by atomic mass is 10.1. The quantitative estimate of drug-likeness (QED) is 0.248. The number of aromatic nitrogens is 1. The van der Waals surface area contributed by atoms with Gasteiger partial charge in [-0.15, -0.1) is 0 Å². The molecule has 0 aliphatic heterocycles. The maximum atomic E-state index is 13.8. The average molecular weight is 576 g/mol. The van der Waals surface area contributed by atoms with Crippen LogP contribution in [0.3, 0.4) is 0 Å². The van der Waals surface area contributed by atoms with E-state index in [1.807, 2.05) is 63.3 Å². The number of anilines is 1. The number of carbonyl (C=O) groups is 2. The second kappa shape index (κ2) is 12.3. The van der Waals surface area contributed by atoms with Crippen LogP contribution in [-0.2, 0) is 17.8 Å². The van der Waals surface area contributed by atoms with Gasteiger partial charge in [-0.25, -0.2) is 0 Å². The molecule has 6 nitrogen and oxygen atoms in total. The number of hydrogen-bond donors (Lipinski definition) is 1. The van der Waals surface area contributed by atoms with E-state index >= 15 is 0 Å². The van der Waals surface area contributed by atoms with Gasteiger partial charge in [-0.05, 0) is 67.8 Å². The van der Waals surface area contributed by atoms with Gasteiger partial charge in [0.25, 0.3) is 5.91 Å².